The van der Waals surface area contributed by atoms with Crippen LogP contribution in [-0.4, -0.2) is 41.2 Å². The molecule has 2 heterocycles. The van der Waals surface area contributed by atoms with Crippen molar-refractivity contribution >= 4 is 5.91 Å². The van der Waals surface area contributed by atoms with Crippen LogP contribution in [0.4, 0.5) is 0 Å². The first kappa shape index (κ1) is 15.6. The summed E-state index contributed by atoms with van der Waals surface area (Å²) >= 11 is 0. The number of piperidine rings is 1. The molecule has 0 unspecified atom stereocenters. The van der Waals surface area contributed by atoms with E-state index in [4.69, 9.17) is 4.74 Å². The molecule has 0 radical (unpaired) electrons. The molecular formula is C18H23N3O2. The molecule has 122 valence electrons. The first-order valence-corrected chi connectivity index (χ1v) is 8.08. The van der Waals surface area contributed by atoms with Gasteiger partial charge in [0.2, 0.25) is 5.91 Å². The van der Waals surface area contributed by atoms with Crippen LogP contribution in [0.3, 0.4) is 0 Å². The van der Waals surface area contributed by atoms with E-state index in [9.17, 15) is 4.79 Å². The number of ether oxygens (including phenoxy) is 1. The zero-order chi connectivity index (χ0) is 16.2. The highest BCUT2D eigenvalue weighted by Gasteiger charge is 2.26. The zero-order valence-electron chi connectivity index (χ0n) is 13.7. The maximum absolute atomic E-state index is 12.6. The number of benzene rings is 1. The second-order valence-corrected chi connectivity index (χ2v) is 6.18. The zero-order valence-corrected chi connectivity index (χ0v) is 13.7. The largest absolute Gasteiger partial charge is 0.497 e. The van der Waals surface area contributed by atoms with Crippen LogP contribution in [0.1, 0.15) is 35.7 Å². The maximum atomic E-state index is 12.6. The number of amides is 1. The molecule has 5 heteroatoms. The number of likely N-dealkylation sites (tertiary alicyclic amines) is 1. The van der Waals surface area contributed by atoms with Gasteiger partial charge in [-0.2, -0.15) is 5.10 Å². The summed E-state index contributed by atoms with van der Waals surface area (Å²) in [5, 5.41) is 7.35. The molecule has 1 saturated heterocycles. The van der Waals surface area contributed by atoms with E-state index in [-0.39, 0.29) is 5.91 Å². The topological polar surface area (TPSA) is 58.2 Å². The number of carbonyl (C=O) groups is 1. The van der Waals surface area contributed by atoms with Crippen molar-refractivity contribution in [3.05, 3.63) is 47.3 Å². The standard InChI is InChI=1S/C18H23N3O2/c1-13-10-17(20-19-13)15-4-3-9-21(12-15)18(22)11-14-5-7-16(23-2)8-6-14/h5-8,10,15H,3-4,9,11-12H2,1-2H3,(H,19,20)/t15-/m0/s1. The monoisotopic (exact) mass is 313 g/mol. The highest BCUT2D eigenvalue weighted by Crippen LogP contribution is 2.26. The number of hydrogen-bond donors (Lipinski definition) is 1. The molecular weight excluding hydrogens is 290 g/mol. The van der Waals surface area contributed by atoms with Crippen molar-refractivity contribution in [2.75, 3.05) is 20.2 Å². The van der Waals surface area contributed by atoms with Crippen molar-refractivity contribution in [3.63, 3.8) is 0 Å². The van der Waals surface area contributed by atoms with Crippen molar-refractivity contribution in [2.24, 2.45) is 0 Å². The van der Waals surface area contributed by atoms with Crippen LogP contribution >= 0.6 is 0 Å². The molecule has 0 aliphatic carbocycles. The molecule has 2 aromatic rings. The molecule has 1 N–H and O–H groups in total. The van der Waals surface area contributed by atoms with E-state index < -0.39 is 0 Å². The van der Waals surface area contributed by atoms with Gasteiger partial charge in [-0.15, -0.1) is 0 Å². The minimum absolute atomic E-state index is 0.187. The van der Waals surface area contributed by atoms with Gasteiger partial charge in [0.05, 0.1) is 19.2 Å². The molecule has 1 aliphatic rings. The van der Waals surface area contributed by atoms with Crippen LogP contribution in [0.5, 0.6) is 5.75 Å². The van der Waals surface area contributed by atoms with Gasteiger partial charge in [-0.3, -0.25) is 9.89 Å². The predicted octanol–water partition coefficient (Wildman–Crippen LogP) is 2.68. The molecule has 1 fully saturated rings. The van der Waals surface area contributed by atoms with Gasteiger partial charge in [0, 0.05) is 24.7 Å². The van der Waals surface area contributed by atoms with E-state index in [0.717, 1.165) is 48.6 Å². The van der Waals surface area contributed by atoms with Gasteiger partial charge in [-0.05, 0) is 43.5 Å². The molecule has 5 nitrogen and oxygen atoms in total. The number of aromatic nitrogens is 2. The van der Waals surface area contributed by atoms with Crippen molar-refractivity contribution in [2.45, 2.75) is 32.1 Å². The lowest BCUT2D eigenvalue weighted by Crippen LogP contribution is -2.40. The fourth-order valence-electron chi connectivity index (χ4n) is 3.12. The first-order valence-electron chi connectivity index (χ1n) is 8.08. The molecule has 1 aliphatic heterocycles. The van der Waals surface area contributed by atoms with Crippen molar-refractivity contribution in [1.29, 1.82) is 0 Å². The Balaban J connectivity index is 1.62. The molecule has 3 rings (SSSR count). The Morgan fingerprint density at radius 1 is 1.39 bits per heavy atom. The molecule has 23 heavy (non-hydrogen) atoms. The molecule has 0 spiro atoms. The number of aromatic amines is 1. The van der Waals surface area contributed by atoms with E-state index in [1.165, 1.54) is 0 Å². The summed E-state index contributed by atoms with van der Waals surface area (Å²) in [7, 11) is 1.64. The van der Waals surface area contributed by atoms with Gasteiger partial charge in [-0.1, -0.05) is 12.1 Å². The van der Waals surface area contributed by atoms with Crippen LogP contribution in [-0.2, 0) is 11.2 Å². The van der Waals surface area contributed by atoms with E-state index in [1.54, 1.807) is 7.11 Å². The smallest absolute Gasteiger partial charge is 0.227 e. The highest BCUT2D eigenvalue weighted by molar-refractivity contribution is 5.79. The van der Waals surface area contributed by atoms with Gasteiger partial charge >= 0.3 is 0 Å². The second kappa shape index (κ2) is 6.86. The van der Waals surface area contributed by atoms with Gasteiger partial charge in [0.1, 0.15) is 5.75 Å². The third-order valence-corrected chi connectivity index (χ3v) is 4.43. The fraction of sp³-hybridized carbons (Fsp3) is 0.444. The Hall–Kier alpha value is -2.30. The van der Waals surface area contributed by atoms with Crippen LogP contribution in [0.2, 0.25) is 0 Å². The Kier molecular flexibility index (Phi) is 4.65. The molecule has 1 atom stereocenters. The van der Waals surface area contributed by atoms with Gasteiger partial charge in [0.25, 0.3) is 0 Å². The maximum Gasteiger partial charge on any atom is 0.227 e. The highest BCUT2D eigenvalue weighted by atomic mass is 16.5. The lowest BCUT2D eigenvalue weighted by molar-refractivity contribution is -0.131. The first-order chi connectivity index (χ1) is 11.2. The SMILES string of the molecule is COc1ccc(CC(=O)N2CCC[C@H](c3cc(C)[nH]n3)C2)cc1. The van der Waals surface area contributed by atoms with E-state index >= 15 is 0 Å². The van der Waals surface area contributed by atoms with E-state index in [2.05, 4.69) is 16.3 Å². The number of rotatable bonds is 4. The molecule has 0 bridgehead atoms. The lowest BCUT2D eigenvalue weighted by atomic mass is 9.94. The number of aryl methyl sites for hydroxylation is 1. The van der Waals surface area contributed by atoms with Crippen LogP contribution in [0, 0.1) is 6.92 Å². The summed E-state index contributed by atoms with van der Waals surface area (Å²) in [6.07, 6.45) is 2.57. The minimum Gasteiger partial charge on any atom is -0.497 e. The summed E-state index contributed by atoms with van der Waals surface area (Å²) < 4.78 is 5.15. The summed E-state index contributed by atoms with van der Waals surface area (Å²) in [4.78, 5) is 14.5. The lowest BCUT2D eigenvalue weighted by Gasteiger charge is -2.32. The third kappa shape index (κ3) is 3.73. The quantitative estimate of drug-likeness (QED) is 0.944. The Bertz CT molecular complexity index is 663. The average molecular weight is 313 g/mol. The normalized spacial score (nSPS) is 18.0. The number of carbonyl (C=O) groups excluding carboxylic acids is 1. The second-order valence-electron chi connectivity index (χ2n) is 6.18. The molecule has 1 aromatic carbocycles. The Morgan fingerprint density at radius 2 is 2.17 bits per heavy atom. The fourth-order valence-corrected chi connectivity index (χ4v) is 3.12. The van der Waals surface area contributed by atoms with Gasteiger partial charge in [-0.25, -0.2) is 0 Å². The number of H-pyrrole nitrogens is 1. The van der Waals surface area contributed by atoms with Gasteiger partial charge in [0.15, 0.2) is 0 Å². The number of nitrogens with one attached hydrogen (secondary N) is 1. The predicted molar refractivity (Wildman–Crippen MR) is 88.6 cm³/mol. The van der Waals surface area contributed by atoms with E-state index in [1.807, 2.05) is 36.1 Å². The molecule has 0 saturated carbocycles. The third-order valence-electron chi connectivity index (χ3n) is 4.43. The van der Waals surface area contributed by atoms with Crippen molar-refractivity contribution < 1.29 is 9.53 Å². The van der Waals surface area contributed by atoms with Crippen LogP contribution in [0.25, 0.3) is 0 Å². The van der Waals surface area contributed by atoms with Gasteiger partial charge < -0.3 is 9.64 Å². The average Bonchev–Trinajstić information content (AvgIpc) is 3.02. The molecule has 1 aromatic heterocycles. The summed E-state index contributed by atoms with van der Waals surface area (Å²) in [6.45, 7) is 3.61. The summed E-state index contributed by atoms with van der Waals surface area (Å²) in [5.41, 5.74) is 3.17. The number of methoxy groups -OCH3 is 1. The van der Waals surface area contributed by atoms with E-state index in [0.29, 0.717) is 12.3 Å². The van der Waals surface area contributed by atoms with Crippen molar-refractivity contribution in [3.8, 4) is 5.75 Å². The Labute approximate surface area is 136 Å². The number of hydrogen-bond acceptors (Lipinski definition) is 3. The summed E-state index contributed by atoms with van der Waals surface area (Å²) in [5.74, 6) is 1.34. The Morgan fingerprint density at radius 3 is 2.83 bits per heavy atom. The molecule has 1 amide bonds. The van der Waals surface area contributed by atoms with Crippen molar-refractivity contribution in [1.82, 2.24) is 15.1 Å². The minimum atomic E-state index is 0.187. The van der Waals surface area contributed by atoms with Crippen LogP contribution in [0.15, 0.2) is 30.3 Å². The van der Waals surface area contributed by atoms with Crippen LogP contribution < -0.4 is 4.74 Å². The summed E-state index contributed by atoms with van der Waals surface area (Å²) in [6, 6.07) is 9.79. The number of nitrogens with zero attached hydrogens (tertiary/aromatic N) is 2.